The monoisotopic (exact) mass is 231 g/mol. The van der Waals surface area contributed by atoms with Crippen molar-refractivity contribution in [2.24, 2.45) is 7.05 Å². The molecule has 2 rings (SSSR count). The normalized spacial score (nSPS) is 10.0. The number of hydrogen-bond acceptors (Lipinski definition) is 5. The van der Waals surface area contributed by atoms with E-state index in [4.69, 9.17) is 11.0 Å². The van der Waals surface area contributed by atoms with Gasteiger partial charge in [0.2, 0.25) is 0 Å². The highest BCUT2D eigenvalue weighted by molar-refractivity contribution is 7.99. The zero-order valence-electron chi connectivity index (χ0n) is 8.58. The van der Waals surface area contributed by atoms with Gasteiger partial charge in [-0.25, -0.2) is 9.67 Å². The minimum absolute atomic E-state index is 0.555. The van der Waals surface area contributed by atoms with Gasteiger partial charge in [0.1, 0.15) is 6.33 Å². The number of nitriles is 1. The van der Waals surface area contributed by atoms with Crippen molar-refractivity contribution in [3.63, 3.8) is 0 Å². The molecule has 80 valence electrons. The molecule has 0 fully saturated rings. The molecule has 0 saturated carbocycles. The molecule has 5 nitrogen and oxygen atoms in total. The van der Waals surface area contributed by atoms with Crippen LogP contribution < -0.4 is 5.73 Å². The maximum Gasteiger partial charge on any atom is 0.190 e. The summed E-state index contributed by atoms with van der Waals surface area (Å²) >= 11 is 1.42. The maximum absolute atomic E-state index is 8.71. The molecule has 0 radical (unpaired) electrons. The number of anilines is 1. The molecule has 6 heteroatoms. The number of nitrogens with two attached hydrogens (primary N) is 1. The Balaban J connectivity index is 2.30. The lowest BCUT2D eigenvalue weighted by molar-refractivity contribution is 0.685. The van der Waals surface area contributed by atoms with Gasteiger partial charge in [-0.15, -0.1) is 0 Å². The molecule has 0 bridgehead atoms. The second-order valence-corrected chi connectivity index (χ2v) is 4.14. The maximum atomic E-state index is 8.71. The molecule has 2 N–H and O–H groups in total. The van der Waals surface area contributed by atoms with Gasteiger partial charge in [-0.2, -0.15) is 10.4 Å². The van der Waals surface area contributed by atoms with Crippen LogP contribution in [-0.4, -0.2) is 14.8 Å². The van der Waals surface area contributed by atoms with Gasteiger partial charge in [0.15, 0.2) is 5.16 Å². The van der Waals surface area contributed by atoms with Gasteiger partial charge < -0.3 is 5.73 Å². The van der Waals surface area contributed by atoms with E-state index < -0.39 is 0 Å². The summed E-state index contributed by atoms with van der Waals surface area (Å²) in [5, 5.41) is 13.4. The van der Waals surface area contributed by atoms with Crippen LogP contribution >= 0.6 is 11.8 Å². The van der Waals surface area contributed by atoms with E-state index in [-0.39, 0.29) is 0 Å². The van der Waals surface area contributed by atoms with Crippen molar-refractivity contribution in [3.8, 4) is 6.07 Å². The molecule has 0 atom stereocenters. The summed E-state index contributed by atoms with van der Waals surface area (Å²) in [5.74, 6) is 0. The van der Waals surface area contributed by atoms with Gasteiger partial charge in [-0.05, 0) is 30.0 Å². The highest BCUT2D eigenvalue weighted by atomic mass is 32.2. The molecule has 1 aromatic carbocycles. The Labute approximate surface area is 96.9 Å². The standard InChI is InChI=1S/C10H9N5S/c1-15-10(13-6-14-15)16-9-3-2-7(5-11)4-8(9)12/h2-4,6H,12H2,1H3. The molecule has 2 aromatic rings. The van der Waals surface area contributed by atoms with E-state index in [2.05, 4.69) is 10.1 Å². The van der Waals surface area contributed by atoms with Crippen LogP contribution in [0.4, 0.5) is 5.69 Å². The van der Waals surface area contributed by atoms with Crippen molar-refractivity contribution in [2.45, 2.75) is 10.1 Å². The highest BCUT2D eigenvalue weighted by Gasteiger charge is 2.07. The van der Waals surface area contributed by atoms with Crippen molar-refractivity contribution in [3.05, 3.63) is 30.1 Å². The summed E-state index contributed by atoms with van der Waals surface area (Å²) < 4.78 is 1.67. The van der Waals surface area contributed by atoms with Gasteiger partial charge in [-0.3, -0.25) is 0 Å². The van der Waals surface area contributed by atoms with Crippen LogP contribution in [0.5, 0.6) is 0 Å². The Morgan fingerprint density at radius 2 is 2.31 bits per heavy atom. The number of nitrogens with zero attached hydrogens (tertiary/aromatic N) is 4. The number of aryl methyl sites for hydroxylation is 1. The average Bonchev–Trinajstić information content (AvgIpc) is 2.67. The van der Waals surface area contributed by atoms with Crippen LogP contribution in [0.3, 0.4) is 0 Å². The third kappa shape index (κ3) is 1.99. The predicted octanol–water partition coefficient (Wildman–Crippen LogP) is 1.42. The van der Waals surface area contributed by atoms with E-state index in [9.17, 15) is 0 Å². The SMILES string of the molecule is Cn1ncnc1Sc1ccc(C#N)cc1N. The van der Waals surface area contributed by atoms with E-state index >= 15 is 0 Å². The fraction of sp³-hybridized carbons (Fsp3) is 0.100. The van der Waals surface area contributed by atoms with Crippen LogP contribution in [0.15, 0.2) is 34.6 Å². The molecule has 0 aliphatic heterocycles. The minimum atomic E-state index is 0.555. The zero-order chi connectivity index (χ0) is 11.5. The largest absolute Gasteiger partial charge is 0.398 e. The highest BCUT2D eigenvalue weighted by Crippen LogP contribution is 2.30. The summed E-state index contributed by atoms with van der Waals surface area (Å²) in [6, 6.07) is 7.24. The average molecular weight is 231 g/mol. The Hall–Kier alpha value is -2.00. The molecular weight excluding hydrogens is 222 g/mol. The van der Waals surface area contributed by atoms with E-state index in [1.807, 2.05) is 19.2 Å². The molecule has 0 aliphatic carbocycles. The minimum Gasteiger partial charge on any atom is -0.398 e. The zero-order valence-corrected chi connectivity index (χ0v) is 9.40. The predicted molar refractivity (Wildman–Crippen MR) is 60.7 cm³/mol. The lowest BCUT2D eigenvalue weighted by Gasteiger charge is -2.04. The van der Waals surface area contributed by atoms with E-state index in [0.29, 0.717) is 11.3 Å². The lowest BCUT2D eigenvalue weighted by atomic mass is 10.2. The van der Waals surface area contributed by atoms with Crippen molar-refractivity contribution < 1.29 is 0 Å². The van der Waals surface area contributed by atoms with E-state index in [1.54, 1.807) is 16.8 Å². The summed E-state index contributed by atoms with van der Waals surface area (Å²) in [5.41, 5.74) is 6.97. The van der Waals surface area contributed by atoms with Gasteiger partial charge >= 0.3 is 0 Å². The Morgan fingerprint density at radius 3 is 2.88 bits per heavy atom. The van der Waals surface area contributed by atoms with Gasteiger partial charge in [0.25, 0.3) is 0 Å². The van der Waals surface area contributed by atoms with E-state index in [1.165, 1.54) is 18.1 Å². The summed E-state index contributed by atoms with van der Waals surface area (Å²) in [6.45, 7) is 0. The fourth-order valence-electron chi connectivity index (χ4n) is 1.19. The Bertz CT molecular complexity index is 555. The molecule has 1 heterocycles. The van der Waals surface area contributed by atoms with Crippen LogP contribution in [-0.2, 0) is 7.05 Å². The number of rotatable bonds is 2. The van der Waals surface area contributed by atoms with Crippen LogP contribution in [0.2, 0.25) is 0 Å². The third-order valence-electron chi connectivity index (χ3n) is 2.01. The first kappa shape index (κ1) is 10.5. The molecule has 16 heavy (non-hydrogen) atoms. The Kier molecular flexibility index (Phi) is 2.79. The molecule has 0 saturated heterocycles. The third-order valence-corrected chi connectivity index (χ3v) is 3.15. The molecular formula is C10H9N5S. The summed E-state index contributed by atoms with van der Waals surface area (Å²) in [4.78, 5) is 4.96. The van der Waals surface area contributed by atoms with E-state index in [0.717, 1.165) is 10.1 Å². The van der Waals surface area contributed by atoms with Crippen LogP contribution in [0.1, 0.15) is 5.56 Å². The number of aromatic nitrogens is 3. The quantitative estimate of drug-likeness (QED) is 0.790. The van der Waals surface area contributed by atoms with Gasteiger partial charge in [-0.1, -0.05) is 0 Å². The first-order valence-corrected chi connectivity index (χ1v) is 5.34. The van der Waals surface area contributed by atoms with Crippen molar-refractivity contribution in [1.82, 2.24) is 14.8 Å². The van der Waals surface area contributed by atoms with Gasteiger partial charge in [0, 0.05) is 17.6 Å². The molecule has 0 aliphatic rings. The first-order chi connectivity index (χ1) is 7.70. The number of nitrogen functional groups attached to an aromatic ring is 1. The first-order valence-electron chi connectivity index (χ1n) is 4.52. The number of benzene rings is 1. The molecule has 0 unspecified atom stereocenters. The molecule has 1 aromatic heterocycles. The summed E-state index contributed by atoms with van der Waals surface area (Å²) in [7, 11) is 1.81. The lowest BCUT2D eigenvalue weighted by Crippen LogP contribution is -1.94. The summed E-state index contributed by atoms with van der Waals surface area (Å²) in [6.07, 6.45) is 1.49. The van der Waals surface area contributed by atoms with Gasteiger partial charge in [0.05, 0.1) is 11.6 Å². The second-order valence-electron chi connectivity index (χ2n) is 3.13. The van der Waals surface area contributed by atoms with Crippen molar-refractivity contribution in [2.75, 3.05) is 5.73 Å². The van der Waals surface area contributed by atoms with Crippen molar-refractivity contribution >= 4 is 17.4 Å². The van der Waals surface area contributed by atoms with Crippen LogP contribution in [0, 0.1) is 11.3 Å². The second kappa shape index (κ2) is 4.24. The fourth-order valence-corrected chi connectivity index (χ4v) is 1.98. The topological polar surface area (TPSA) is 80.5 Å². The smallest absolute Gasteiger partial charge is 0.190 e. The molecule has 0 amide bonds. The number of hydrogen-bond donors (Lipinski definition) is 1. The Morgan fingerprint density at radius 1 is 1.50 bits per heavy atom. The van der Waals surface area contributed by atoms with Crippen LogP contribution in [0.25, 0.3) is 0 Å². The molecule has 0 spiro atoms. The van der Waals surface area contributed by atoms with Crippen molar-refractivity contribution in [1.29, 1.82) is 5.26 Å².